The summed E-state index contributed by atoms with van der Waals surface area (Å²) in [5.41, 5.74) is 3.41. The summed E-state index contributed by atoms with van der Waals surface area (Å²) in [5, 5.41) is 1.23. The lowest BCUT2D eigenvalue weighted by Gasteiger charge is -2.14. The number of hydrazine groups is 1. The van der Waals surface area contributed by atoms with Crippen LogP contribution in [0.3, 0.4) is 0 Å². The minimum atomic E-state index is -0.743. The Bertz CT molecular complexity index is 1200. The number of hydrogen-bond donors (Lipinski definition) is 1. The van der Waals surface area contributed by atoms with E-state index in [0.717, 1.165) is 0 Å². The number of furan rings is 1. The third-order valence-corrected chi connectivity index (χ3v) is 4.75. The van der Waals surface area contributed by atoms with Gasteiger partial charge < -0.3 is 13.9 Å². The molecule has 2 heterocycles. The maximum Gasteiger partial charge on any atom is 0.379 e. The van der Waals surface area contributed by atoms with Gasteiger partial charge in [-0.3, -0.25) is 15.0 Å². The SMILES string of the molecule is CCOc1cc(/C=C2\C(=O)NN(c3ccccc3)C2=O)cc(Cl)c1OC(=O)c1ccco1. The summed E-state index contributed by atoms with van der Waals surface area (Å²) in [6.07, 6.45) is 2.74. The highest BCUT2D eigenvalue weighted by Crippen LogP contribution is 2.38. The van der Waals surface area contributed by atoms with Gasteiger partial charge in [0.05, 0.1) is 23.6 Å². The fourth-order valence-corrected chi connectivity index (χ4v) is 3.31. The highest BCUT2D eigenvalue weighted by atomic mass is 35.5. The van der Waals surface area contributed by atoms with Crippen LogP contribution in [0, 0.1) is 0 Å². The molecule has 3 aromatic rings. The van der Waals surface area contributed by atoms with Crippen molar-refractivity contribution >= 4 is 41.1 Å². The van der Waals surface area contributed by atoms with E-state index >= 15 is 0 Å². The molecule has 1 fully saturated rings. The van der Waals surface area contributed by atoms with Crippen molar-refractivity contribution in [1.29, 1.82) is 0 Å². The molecule has 0 atom stereocenters. The van der Waals surface area contributed by atoms with Gasteiger partial charge in [-0.25, -0.2) is 9.80 Å². The van der Waals surface area contributed by atoms with E-state index in [-0.39, 0.29) is 34.5 Å². The quantitative estimate of drug-likeness (QED) is 0.262. The number of benzene rings is 2. The fraction of sp³-hybridized carbons (Fsp3) is 0.0870. The van der Waals surface area contributed by atoms with Crippen LogP contribution in [0.5, 0.6) is 11.5 Å². The maximum atomic E-state index is 12.8. The van der Waals surface area contributed by atoms with Crippen LogP contribution in [0.15, 0.2) is 70.9 Å². The van der Waals surface area contributed by atoms with E-state index < -0.39 is 17.8 Å². The zero-order valence-electron chi connectivity index (χ0n) is 16.8. The Balaban J connectivity index is 1.65. The summed E-state index contributed by atoms with van der Waals surface area (Å²) in [6, 6.07) is 14.7. The molecule has 0 unspecified atom stereocenters. The summed E-state index contributed by atoms with van der Waals surface area (Å²) in [6.45, 7) is 2.02. The molecule has 0 spiro atoms. The average molecular weight is 453 g/mol. The fourth-order valence-electron chi connectivity index (χ4n) is 3.05. The lowest BCUT2D eigenvalue weighted by atomic mass is 10.1. The number of rotatable bonds is 6. The summed E-state index contributed by atoms with van der Waals surface area (Å²) in [7, 11) is 0. The van der Waals surface area contributed by atoms with E-state index in [9.17, 15) is 14.4 Å². The number of esters is 1. The smallest absolute Gasteiger partial charge is 0.379 e. The number of amides is 2. The highest BCUT2D eigenvalue weighted by molar-refractivity contribution is 6.33. The van der Waals surface area contributed by atoms with E-state index in [2.05, 4.69) is 5.43 Å². The predicted molar refractivity (Wildman–Crippen MR) is 116 cm³/mol. The van der Waals surface area contributed by atoms with Gasteiger partial charge in [-0.15, -0.1) is 0 Å². The Hall–Kier alpha value is -4.04. The number of halogens is 1. The third kappa shape index (κ3) is 4.21. The van der Waals surface area contributed by atoms with E-state index in [1.165, 1.54) is 35.5 Å². The maximum absolute atomic E-state index is 12.8. The first kappa shape index (κ1) is 21.2. The minimum absolute atomic E-state index is 0.00364. The monoisotopic (exact) mass is 452 g/mol. The molecule has 1 aromatic heterocycles. The van der Waals surface area contributed by atoms with Crippen LogP contribution in [0.25, 0.3) is 6.08 Å². The molecule has 9 heteroatoms. The van der Waals surface area contributed by atoms with Gasteiger partial charge in [0.1, 0.15) is 5.57 Å². The summed E-state index contributed by atoms with van der Waals surface area (Å²) >= 11 is 6.35. The van der Waals surface area contributed by atoms with Crippen molar-refractivity contribution < 1.29 is 28.3 Å². The number of para-hydroxylation sites is 1. The van der Waals surface area contributed by atoms with Crippen molar-refractivity contribution in [2.24, 2.45) is 0 Å². The van der Waals surface area contributed by atoms with Crippen LogP contribution in [0.4, 0.5) is 5.69 Å². The minimum Gasteiger partial charge on any atom is -0.490 e. The first-order valence-corrected chi connectivity index (χ1v) is 10.00. The molecule has 0 bridgehead atoms. The predicted octanol–water partition coefficient (Wildman–Crippen LogP) is 4.01. The molecule has 0 saturated carbocycles. The molecule has 2 aromatic carbocycles. The van der Waals surface area contributed by atoms with Gasteiger partial charge in [0, 0.05) is 0 Å². The van der Waals surface area contributed by atoms with Crippen molar-refractivity contribution in [1.82, 2.24) is 5.43 Å². The number of hydrogen-bond acceptors (Lipinski definition) is 6. The van der Waals surface area contributed by atoms with Crippen LogP contribution >= 0.6 is 11.6 Å². The van der Waals surface area contributed by atoms with Gasteiger partial charge in [-0.1, -0.05) is 29.8 Å². The average Bonchev–Trinajstić information content (AvgIpc) is 3.41. The lowest BCUT2D eigenvalue weighted by Crippen LogP contribution is -2.35. The number of carbonyl (C=O) groups is 3. The van der Waals surface area contributed by atoms with Crippen molar-refractivity contribution in [2.45, 2.75) is 6.92 Å². The summed E-state index contributed by atoms with van der Waals surface area (Å²) < 4.78 is 16.0. The second kappa shape index (κ2) is 8.99. The Labute approximate surface area is 187 Å². The van der Waals surface area contributed by atoms with E-state index in [1.807, 2.05) is 0 Å². The van der Waals surface area contributed by atoms with Crippen LogP contribution < -0.4 is 19.9 Å². The summed E-state index contributed by atoms with van der Waals surface area (Å²) in [4.78, 5) is 37.5. The van der Waals surface area contributed by atoms with Crippen molar-refractivity contribution in [2.75, 3.05) is 11.6 Å². The zero-order valence-corrected chi connectivity index (χ0v) is 17.6. The number of carbonyl (C=O) groups excluding carboxylic acids is 3. The molecule has 8 nitrogen and oxygen atoms in total. The van der Waals surface area contributed by atoms with Crippen LogP contribution in [0.1, 0.15) is 23.0 Å². The normalized spacial score (nSPS) is 14.6. The Morgan fingerprint density at radius 3 is 2.62 bits per heavy atom. The molecule has 1 saturated heterocycles. The number of nitrogens with one attached hydrogen (secondary N) is 1. The lowest BCUT2D eigenvalue weighted by molar-refractivity contribution is -0.117. The molecule has 1 N–H and O–H groups in total. The van der Waals surface area contributed by atoms with Crippen molar-refractivity contribution in [3.05, 3.63) is 82.8 Å². The Morgan fingerprint density at radius 2 is 1.94 bits per heavy atom. The molecular weight excluding hydrogens is 436 g/mol. The molecule has 0 aliphatic carbocycles. The van der Waals surface area contributed by atoms with Crippen molar-refractivity contribution in [3.63, 3.8) is 0 Å². The van der Waals surface area contributed by atoms with Crippen LogP contribution in [-0.4, -0.2) is 24.4 Å². The second-order valence-electron chi connectivity index (χ2n) is 6.60. The Morgan fingerprint density at radius 1 is 1.16 bits per heavy atom. The van der Waals surface area contributed by atoms with Gasteiger partial charge >= 0.3 is 5.97 Å². The molecule has 32 heavy (non-hydrogen) atoms. The van der Waals surface area contributed by atoms with Gasteiger partial charge in [0.25, 0.3) is 11.8 Å². The van der Waals surface area contributed by atoms with Gasteiger partial charge in [-0.2, -0.15) is 0 Å². The van der Waals surface area contributed by atoms with E-state index in [0.29, 0.717) is 11.3 Å². The standard InChI is InChI=1S/C23H17ClN2O6/c1-2-30-19-13-14(12-17(24)20(19)32-23(29)18-9-6-10-31-18)11-16-21(27)25-26(22(16)28)15-7-4-3-5-8-15/h3-13H,2H2,1H3,(H,25,27)/b16-11+. The molecule has 4 rings (SSSR count). The molecule has 2 amide bonds. The van der Waals surface area contributed by atoms with Gasteiger partial charge in [0.2, 0.25) is 5.76 Å². The topological polar surface area (TPSA) is 98.1 Å². The van der Waals surface area contributed by atoms with Gasteiger partial charge in [-0.05, 0) is 55.0 Å². The first-order valence-electron chi connectivity index (χ1n) is 9.62. The molecule has 0 radical (unpaired) electrons. The molecule has 1 aliphatic heterocycles. The molecule has 1 aliphatic rings. The van der Waals surface area contributed by atoms with E-state index in [1.54, 1.807) is 43.3 Å². The molecule has 162 valence electrons. The highest BCUT2D eigenvalue weighted by Gasteiger charge is 2.34. The van der Waals surface area contributed by atoms with E-state index in [4.69, 9.17) is 25.5 Å². The number of nitrogens with zero attached hydrogens (tertiary/aromatic N) is 1. The first-order chi connectivity index (χ1) is 15.5. The number of ether oxygens (including phenoxy) is 2. The van der Waals surface area contributed by atoms with Crippen LogP contribution in [0.2, 0.25) is 5.02 Å². The molecular formula is C23H17ClN2O6. The van der Waals surface area contributed by atoms with Crippen molar-refractivity contribution in [3.8, 4) is 11.5 Å². The third-order valence-electron chi connectivity index (χ3n) is 4.47. The summed E-state index contributed by atoms with van der Waals surface area (Å²) in [5.74, 6) is -1.62. The second-order valence-corrected chi connectivity index (χ2v) is 7.01. The largest absolute Gasteiger partial charge is 0.490 e. The van der Waals surface area contributed by atoms with Crippen LogP contribution in [-0.2, 0) is 9.59 Å². The Kier molecular flexibility index (Phi) is 5.96. The van der Waals surface area contributed by atoms with Gasteiger partial charge in [0.15, 0.2) is 11.5 Å². The number of anilines is 1. The zero-order chi connectivity index (χ0) is 22.7.